The van der Waals surface area contributed by atoms with Gasteiger partial charge in [-0.2, -0.15) is 0 Å². The Kier molecular flexibility index (Phi) is 4.14. The Bertz CT molecular complexity index is 713. The van der Waals surface area contributed by atoms with Gasteiger partial charge in [-0.3, -0.25) is 4.98 Å². The minimum Gasteiger partial charge on any atom is -0.351 e. The quantitative estimate of drug-likeness (QED) is 0.810. The summed E-state index contributed by atoms with van der Waals surface area (Å²) in [6, 6.07) is 6.61. The van der Waals surface area contributed by atoms with Gasteiger partial charge in [0.05, 0.1) is 17.6 Å². The first-order valence-corrected chi connectivity index (χ1v) is 9.70. The second-order valence-electron chi connectivity index (χ2n) is 5.19. The van der Waals surface area contributed by atoms with Gasteiger partial charge < -0.3 is 9.88 Å². The van der Waals surface area contributed by atoms with E-state index in [0.717, 1.165) is 30.5 Å². The number of pyridine rings is 1. The summed E-state index contributed by atoms with van der Waals surface area (Å²) in [4.78, 5) is 4.08. The monoisotopic (exact) mass is 368 g/mol. The highest BCUT2D eigenvalue weighted by molar-refractivity contribution is 9.10. The first-order chi connectivity index (χ1) is 10.1. The largest absolute Gasteiger partial charge is 0.351 e. The van der Waals surface area contributed by atoms with Gasteiger partial charge in [-0.1, -0.05) is 15.9 Å². The SMILES string of the molecule is O=P1(c2ccncc2Nc2ccc(Br)cc2F)CCCC1. The van der Waals surface area contributed by atoms with E-state index >= 15 is 0 Å². The van der Waals surface area contributed by atoms with Crippen LogP contribution >= 0.6 is 23.1 Å². The first-order valence-electron chi connectivity index (χ1n) is 6.83. The van der Waals surface area contributed by atoms with Crippen LogP contribution in [0.1, 0.15) is 12.8 Å². The van der Waals surface area contributed by atoms with E-state index in [9.17, 15) is 8.96 Å². The third-order valence-corrected chi connectivity index (χ3v) is 7.56. The van der Waals surface area contributed by atoms with Gasteiger partial charge in [0.2, 0.25) is 0 Å². The fourth-order valence-corrected chi connectivity index (χ4v) is 6.06. The third-order valence-electron chi connectivity index (χ3n) is 3.73. The van der Waals surface area contributed by atoms with Crippen molar-refractivity contribution in [3.05, 3.63) is 46.9 Å². The molecule has 1 aromatic heterocycles. The lowest BCUT2D eigenvalue weighted by molar-refractivity contribution is 0.585. The minimum atomic E-state index is -2.36. The van der Waals surface area contributed by atoms with Crippen LogP contribution in [0.25, 0.3) is 0 Å². The molecule has 0 spiro atoms. The molecule has 21 heavy (non-hydrogen) atoms. The Morgan fingerprint density at radius 1 is 1.19 bits per heavy atom. The molecule has 0 aliphatic carbocycles. The molecule has 3 rings (SSSR count). The van der Waals surface area contributed by atoms with E-state index in [2.05, 4.69) is 26.2 Å². The maximum Gasteiger partial charge on any atom is 0.147 e. The minimum absolute atomic E-state index is 0.358. The van der Waals surface area contributed by atoms with E-state index in [1.807, 2.05) is 0 Å². The number of anilines is 2. The summed E-state index contributed by atoms with van der Waals surface area (Å²) in [6.45, 7) is 0. The third kappa shape index (κ3) is 3.04. The fraction of sp³-hybridized carbons (Fsp3) is 0.267. The molecule has 2 aromatic rings. The average Bonchev–Trinajstić information content (AvgIpc) is 2.90. The molecule has 0 amide bonds. The van der Waals surface area contributed by atoms with Gasteiger partial charge in [-0.05, 0) is 37.1 Å². The van der Waals surface area contributed by atoms with Gasteiger partial charge in [0, 0.05) is 28.3 Å². The van der Waals surface area contributed by atoms with Crippen LogP contribution in [-0.4, -0.2) is 17.3 Å². The molecule has 0 bridgehead atoms. The summed E-state index contributed by atoms with van der Waals surface area (Å²) < 4.78 is 27.6. The first kappa shape index (κ1) is 14.7. The van der Waals surface area contributed by atoms with E-state index in [1.54, 1.807) is 30.6 Å². The highest BCUT2D eigenvalue weighted by Gasteiger charge is 2.31. The summed E-state index contributed by atoms with van der Waals surface area (Å²) in [5.41, 5.74) is 1.00. The van der Waals surface area contributed by atoms with Gasteiger partial charge >= 0.3 is 0 Å². The highest BCUT2D eigenvalue weighted by atomic mass is 79.9. The summed E-state index contributed by atoms with van der Waals surface area (Å²) in [6.07, 6.45) is 6.71. The van der Waals surface area contributed by atoms with E-state index < -0.39 is 7.14 Å². The molecule has 1 N–H and O–H groups in total. The molecule has 1 saturated heterocycles. The lowest BCUT2D eigenvalue weighted by atomic mass is 10.3. The molecule has 110 valence electrons. The second kappa shape index (κ2) is 5.90. The van der Waals surface area contributed by atoms with Crippen LogP contribution < -0.4 is 10.6 Å². The predicted molar refractivity (Wildman–Crippen MR) is 87.8 cm³/mol. The summed E-state index contributed by atoms with van der Waals surface area (Å²) >= 11 is 3.23. The van der Waals surface area contributed by atoms with Crippen molar-refractivity contribution in [2.24, 2.45) is 0 Å². The zero-order valence-electron chi connectivity index (χ0n) is 11.4. The van der Waals surface area contributed by atoms with Crippen molar-refractivity contribution in [1.29, 1.82) is 0 Å². The number of benzene rings is 1. The fourth-order valence-electron chi connectivity index (χ4n) is 2.66. The standard InChI is InChI=1S/C15H15BrFN2OP/c16-11-3-4-13(12(17)9-11)19-14-10-18-6-5-15(14)21(20)7-1-2-8-21/h3-6,9-10,19H,1-2,7-8H2. The van der Waals surface area contributed by atoms with Crippen LogP contribution in [0, 0.1) is 5.82 Å². The molecule has 1 aliphatic heterocycles. The van der Waals surface area contributed by atoms with Crippen LogP contribution in [0.5, 0.6) is 0 Å². The molecule has 1 aromatic carbocycles. The predicted octanol–water partition coefficient (Wildman–Crippen LogP) is 4.51. The zero-order valence-corrected chi connectivity index (χ0v) is 13.8. The van der Waals surface area contributed by atoms with Crippen molar-refractivity contribution in [3.8, 4) is 0 Å². The van der Waals surface area contributed by atoms with Crippen LogP contribution in [0.15, 0.2) is 41.1 Å². The number of halogens is 2. The lowest BCUT2D eigenvalue weighted by Crippen LogP contribution is -2.13. The Morgan fingerprint density at radius 3 is 2.67 bits per heavy atom. The summed E-state index contributed by atoms with van der Waals surface area (Å²) in [5, 5.41) is 3.83. The van der Waals surface area contributed by atoms with E-state index in [1.165, 1.54) is 6.07 Å². The number of hydrogen-bond donors (Lipinski definition) is 1. The average molecular weight is 369 g/mol. The Morgan fingerprint density at radius 2 is 1.95 bits per heavy atom. The molecule has 3 nitrogen and oxygen atoms in total. The van der Waals surface area contributed by atoms with Crippen molar-refractivity contribution in [3.63, 3.8) is 0 Å². The van der Waals surface area contributed by atoms with Crippen molar-refractivity contribution in [2.45, 2.75) is 12.8 Å². The number of aromatic nitrogens is 1. The van der Waals surface area contributed by atoms with Crippen LogP contribution in [0.3, 0.4) is 0 Å². The van der Waals surface area contributed by atoms with E-state index in [4.69, 9.17) is 0 Å². The van der Waals surface area contributed by atoms with Crippen molar-refractivity contribution in [1.82, 2.24) is 4.98 Å². The summed E-state index contributed by atoms with van der Waals surface area (Å²) in [7, 11) is -2.36. The number of nitrogens with zero attached hydrogens (tertiary/aromatic N) is 1. The molecule has 0 radical (unpaired) electrons. The van der Waals surface area contributed by atoms with E-state index in [-0.39, 0.29) is 5.82 Å². The molecule has 1 fully saturated rings. The van der Waals surface area contributed by atoms with Gasteiger partial charge in [-0.25, -0.2) is 4.39 Å². The van der Waals surface area contributed by atoms with Crippen molar-refractivity contribution in [2.75, 3.05) is 17.6 Å². The number of hydrogen-bond acceptors (Lipinski definition) is 3. The normalized spacial score (nSPS) is 16.9. The second-order valence-corrected chi connectivity index (χ2v) is 9.26. The Labute approximate surface area is 131 Å². The van der Waals surface area contributed by atoms with Crippen molar-refractivity contribution < 1.29 is 8.96 Å². The van der Waals surface area contributed by atoms with Gasteiger partial charge in [-0.15, -0.1) is 0 Å². The van der Waals surface area contributed by atoms with Crippen molar-refractivity contribution >= 4 is 39.8 Å². The van der Waals surface area contributed by atoms with Crippen LogP contribution in [-0.2, 0) is 4.57 Å². The zero-order chi connectivity index (χ0) is 14.9. The maximum atomic E-state index is 14.0. The van der Waals surface area contributed by atoms with Crippen LogP contribution in [0.2, 0.25) is 0 Å². The van der Waals surface area contributed by atoms with Gasteiger partial charge in [0.1, 0.15) is 13.0 Å². The lowest BCUT2D eigenvalue weighted by Gasteiger charge is -2.17. The molecule has 6 heteroatoms. The molecule has 2 heterocycles. The number of rotatable bonds is 3. The molecule has 0 unspecified atom stereocenters. The smallest absolute Gasteiger partial charge is 0.147 e. The molecular weight excluding hydrogens is 354 g/mol. The van der Waals surface area contributed by atoms with Gasteiger partial charge in [0.25, 0.3) is 0 Å². The Balaban J connectivity index is 1.98. The molecule has 0 atom stereocenters. The summed E-state index contributed by atoms with van der Waals surface area (Å²) in [5.74, 6) is -0.358. The molecular formula is C15H15BrFN2OP. The highest BCUT2D eigenvalue weighted by Crippen LogP contribution is 2.52. The van der Waals surface area contributed by atoms with Gasteiger partial charge in [0.15, 0.2) is 0 Å². The van der Waals surface area contributed by atoms with E-state index in [0.29, 0.717) is 15.8 Å². The Hall–Kier alpha value is -1.19. The number of nitrogens with one attached hydrogen (secondary N) is 1. The van der Waals surface area contributed by atoms with Crippen LogP contribution in [0.4, 0.5) is 15.8 Å². The molecule has 1 aliphatic rings. The topological polar surface area (TPSA) is 42.0 Å². The maximum absolute atomic E-state index is 14.0. The molecule has 0 saturated carbocycles.